The number of rotatable bonds is 4. The fourth-order valence-electron chi connectivity index (χ4n) is 4.41. The van der Waals surface area contributed by atoms with Crippen LogP contribution in [0.15, 0.2) is 12.3 Å². The highest BCUT2D eigenvalue weighted by molar-refractivity contribution is 5.47. The van der Waals surface area contributed by atoms with Crippen LogP contribution in [0.2, 0.25) is 0 Å². The Morgan fingerprint density at radius 2 is 1.90 bits per heavy atom. The zero-order valence-corrected chi connectivity index (χ0v) is 12.9. The molecule has 5 nitrogen and oxygen atoms in total. The molecule has 0 spiro atoms. The molecule has 1 aliphatic heterocycles. The van der Waals surface area contributed by atoms with Gasteiger partial charge in [-0.05, 0) is 57.3 Å². The lowest BCUT2D eigenvalue weighted by molar-refractivity contribution is 0.0763. The number of hydrazine groups is 1. The number of aryl methyl sites for hydroxylation is 1. The first kappa shape index (κ1) is 14.8. The molecule has 1 aliphatic carbocycles. The molecule has 2 aliphatic rings. The van der Waals surface area contributed by atoms with Crippen molar-refractivity contribution in [1.29, 1.82) is 0 Å². The van der Waals surface area contributed by atoms with E-state index in [1.54, 1.807) is 6.20 Å². The van der Waals surface area contributed by atoms with Gasteiger partial charge in [-0.25, -0.2) is 4.98 Å². The maximum absolute atomic E-state index is 6.20. The van der Waals surface area contributed by atoms with Gasteiger partial charge in [0.05, 0.1) is 6.04 Å². The third-order valence-electron chi connectivity index (χ3n) is 5.44. The summed E-state index contributed by atoms with van der Waals surface area (Å²) in [5, 5.41) is 0. The van der Waals surface area contributed by atoms with Crippen molar-refractivity contribution in [3.8, 4) is 0 Å². The molecule has 5 N–H and O–H groups in total. The van der Waals surface area contributed by atoms with Crippen LogP contribution in [-0.2, 0) is 0 Å². The molecule has 1 saturated heterocycles. The summed E-state index contributed by atoms with van der Waals surface area (Å²) >= 11 is 0. The van der Waals surface area contributed by atoms with Gasteiger partial charge < -0.3 is 5.73 Å². The molecular formula is C16H27N5. The van der Waals surface area contributed by atoms with Crippen molar-refractivity contribution in [1.82, 2.24) is 15.3 Å². The predicted octanol–water partition coefficient (Wildman–Crippen LogP) is 1.89. The lowest BCUT2D eigenvalue weighted by Crippen LogP contribution is -2.55. The fraction of sp³-hybridized carbons (Fsp3) is 0.688. The number of nitrogens with zero attached hydrogens (tertiary/aromatic N) is 2. The van der Waals surface area contributed by atoms with E-state index in [4.69, 9.17) is 11.6 Å². The van der Waals surface area contributed by atoms with Crippen LogP contribution in [0.1, 0.15) is 55.7 Å². The van der Waals surface area contributed by atoms with Gasteiger partial charge in [0.2, 0.25) is 0 Å². The van der Waals surface area contributed by atoms with E-state index < -0.39 is 0 Å². The third-order valence-corrected chi connectivity index (χ3v) is 5.44. The zero-order valence-electron chi connectivity index (χ0n) is 12.9. The molecule has 0 radical (unpaired) electrons. The maximum Gasteiger partial charge on any atom is 0.128 e. The van der Waals surface area contributed by atoms with Crippen molar-refractivity contribution in [2.75, 3.05) is 18.8 Å². The van der Waals surface area contributed by atoms with Crippen LogP contribution in [0.4, 0.5) is 5.82 Å². The molecule has 2 heterocycles. The number of nitrogens with two attached hydrogens (primary N) is 2. The number of hydrogen-bond donors (Lipinski definition) is 3. The number of aromatic nitrogens is 1. The first-order valence-electron chi connectivity index (χ1n) is 8.11. The SMILES string of the molecule is Cc1ccnc(N)c1C(NN)C1(N2CCCC2)CCCC1. The van der Waals surface area contributed by atoms with Crippen molar-refractivity contribution in [2.45, 2.75) is 57.0 Å². The summed E-state index contributed by atoms with van der Waals surface area (Å²) in [6, 6.07) is 2.09. The summed E-state index contributed by atoms with van der Waals surface area (Å²) in [5.41, 5.74) is 11.7. The minimum absolute atomic E-state index is 0.0619. The van der Waals surface area contributed by atoms with E-state index in [2.05, 4.69) is 22.2 Å². The molecule has 2 fully saturated rings. The van der Waals surface area contributed by atoms with E-state index in [0.717, 1.165) is 5.56 Å². The Morgan fingerprint density at radius 1 is 1.24 bits per heavy atom. The Morgan fingerprint density at radius 3 is 2.48 bits per heavy atom. The van der Waals surface area contributed by atoms with Crippen molar-refractivity contribution < 1.29 is 0 Å². The second-order valence-corrected chi connectivity index (χ2v) is 6.53. The number of hydrogen-bond acceptors (Lipinski definition) is 5. The highest BCUT2D eigenvalue weighted by Crippen LogP contribution is 2.47. The van der Waals surface area contributed by atoms with Crippen molar-refractivity contribution >= 4 is 5.82 Å². The van der Waals surface area contributed by atoms with Crippen molar-refractivity contribution in [3.05, 3.63) is 23.4 Å². The van der Waals surface area contributed by atoms with Gasteiger partial charge in [-0.1, -0.05) is 12.8 Å². The third kappa shape index (κ3) is 2.43. The number of pyridine rings is 1. The Hall–Kier alpha value is -1.17. The van der Waals surface area contributed by atoms with E-state index in [1.165, 1.54) is 57.2 Å². The van der Waals surface area contributed by atoms with Gasteiger partial charge in [0, 0.05) is 17.3 Å². The smallest absolute Gasteiger partial charge is 0.128 e. The summed E-state index contributed by atoms with van der Waals surface area (Å²) in [4.78, 5) is 6.95. The lowest BCUT2D eigenvalue weighted by Gasteiger charge is -2.45. The first-order chi connectivity index (χ1) is 10.2. The monoisotopic (exact) mass is 289 g/mol. The number of anilines is 1. The Kier molecular flexibility index (Phi) is 4.15. The summed E-state index contributed by atoms with van der Waals surface area (Å²) in [7, 11) is 0. The minimum Gasteiger partial charge on any atom is -0.383 e. The van der Waals surface area contributed by atoms with Gasteiger partial charge in [0.1, 0.15) is 5.82 Å². The van der Waals surface area contributed by atoms with Crippen LogP contribution in [0, 0.1) is 6.92 Å². The zero-order chi connectivity index (χ0) is 14.9. The Balaban J connectivity index is 2.03. The molecular weight excluding hydrogens is 262 g/mol. The first-order valence-corrected chi connectivity index (χ1v) is 8.11. The van der Waals surface area contributed by atoms with E-state index in [-0.39, 0.29) is 11.6 Å². The molecule has 21 heavy (non-hydrogen) atoms. The number of likely N-dealkylation sites (tertiary alicyclic amines) is 1. The molecule has 0 amide bonds. The molecule has 1 atom stereocenters. The second kappa shape index (κ2) is 5.91. The number of nitrogen functional groups attached to an aromatic ring is 1. The van der Waals surface area contributed by atoms with Gasteiger partial charge in [-0.2, -0.15) is 0 Å². The highest BCUT2D eigenvalue weighted by atomic mass is 15.3. The number of nitrogens with one attached hydrogen (secondary N) is 1. The van der Waals surface area contributed by atoms with Crippen molar-refractivity contribution in [3.63, 3.8) is 0 Å². The molecule has 1 unspecified atom stereocenters. The minimum atomic E-state index is 0.0619. The van der Waals surface area contributed by atoms with Crippen LogP contribution < -0.4 is 17.0 Å². The lowest BCUT2D eigenvalue weighted by atomic mass is 9.81. The molecule has 3 rings (SSSR count). The second-order valence-electron chi connectivity index (χ2n) is 6.53. The maximum atomic E-state index is 6.20. The van der Waals surface area contributed by atoms with Crippen LogP contribution in [-0.4, -0.2) is 28.5 Å². The molecule has 0 aromatic carbocycles. The average molecular weight is 289 g/mol. The Labute approximate surface area is 127 Å². The summed E-state index contributed by atoms with van der Waals surface area (Å²) in [5.74, 6) is 6.63. The van der Waals surface area contributed by atoms with E-state index in [1.807, 2.05) is 6.07 Å². The quantitative estimate of drug-likeness (QED) is 0.582. The predicted molar refractivity (Wildman–Crippen MR) is 85.5 cm³/mol. The van der Waals surface area contributed by atoms with Crippen LogP contribution >= 0.6 is 0 Å². The molecule has 5 heteroatoms. The van der Waals surface area contributed by atoms with Crippen LogP contribution in [0.5, 0.6) is 0 Å². The average Bonchev–Trinajstić information content (AvgIpc) is 3.14. The fourth-order valence-corrected chi connectivity index (χ4v) is 4.41. The van der Waals surface area contributed by atoms with Gasteiger partial charge in [-0.3, -0.25) is 16.2 Å². The summed E-state index contributed by atoms with van der Waals surface area (Å²) < 4.78 is 0. The topological polar surface area (TPSA) is 80.2 Å². The van der Waals surface area contributed by atoms with Crippen LogP contribution in [0.25, 0.3) is 0 Å². The van der Waals surface area contributed by atoms with Gasteiger partial charge in [-0.15, -0.1) is 0 Å². The van der Waals surface area contributed by atoms with E-state index >= 15 is 0 Å². The van der Waals surface area contributed by atoms with Crippen molar-refractivity contribution in [2.24, 2.45) is 5.84 Å². The molecule has 1 aromatic heterocycles. The van der Waals surface area contributed by atoms with Gasteiger partial charge >= 0.3 is 0 Å². The molecule has 1 saturated carbocycles. The molecule has 0 bridgehead atoms. The van der Waals surface area contributed by atoms with Crippen LogP contribution in [0.3, 0.4) is 0 Å². The summed E-state index contributed by atoms with van der Waals surface area (Å²) in [6.07, 6.45) is 9.28. The standard InChI is InChI=1S/C16H27N5/c1-12-6-9-19-15(17)13(12)14(20-18)16(7-2-3-8-16)21-10-4-5-11-21/h6,9,14,20H,2-5,7-8,10-11,18H2,1H3,(H2,17,19). The molecule has 1 aromatic rings. The normalized spacial score (nSPS) is 23.5. The Bertz CT molecular complexity index is 469. The highest BCUT2D eigenvalue weighted by Gasteiger charge is 2.47. The summed E-state index contributed by atoms with van der Waals surface area (Å²) in [6.45, 7) is 4.46. The molecule has 116 valence electrons. The van der Waals surface area contributed by atoms with E-state index in [9.17, 15) is 0 Å². The van der Waals surface area contributed by atoms with E-state index in [0.29, 0.717) is 5.82 Å². The van der Waals surface area contributed by atoms with Gasteiger partial charge in [0.15, 0.2) is 0 Å². The largest absolute Gasteiger partial charge is 0.383 e. The van der Waals surface area contributed by atoms with Gasteiger partial charge in [0.25, 0.3) is 0 Å².